The van der Waals surface area contributed by atoms with Gasteiger partial charge in [0.05, 0.1) is 28.3 Å². The average Bonchev–Trinajstić information content (AvgIpc) is 3.22. The van der Waals surface area contributed by atoms with Gasteiger partial charge in [0.2, 0.25) is 0 Å². The minimum atomic E-state index is -0.551. The summed E-state index contributed by atoms with van der Waals surface area (Å²) in [6.07, 6.45) is 1.75. The fourth-order valence-electron chi connectivity index (χ4n) is 4.30. The van der Waals surface area contributed by atoms with Gasteiger partial charge in [-0.2, -0.15) is 0 Å². The Kier molecular flexibility index (Phi) is 6.43. The van der Waals surface area contributed by atoms with Gasteiger partial charge in [0.15, 0.2) is 0 Å². The zero-order valence-corrected chi connectivity index (χ0v) is 21.1. The largest absolute Gasteiger partial charge is 0.465 e. The molecule has 3 aromatic rings. The van der Waals surface area contributed by atoms with Crippen LogP contribution in [0.4, 0.5) is 5.69 Å². The third-order valence-electron chi connectivity index (χ3n) is 6.01. The first kappa shape index (κ1) is 23.9. The lowest BCUT2D eigenvalue weighted by atomic mass is 10.0. The summed E-state index contributed by atoms with van der Waals surface area (Å²) in [4.78, 5) is 27.8. The van der Waals surface area contributed by atoms with Gasteiger partial charge in [-0.3, -0.25) is 9.69 Å². The van der Waals surface area contributed by atoms with E-state index < -0.39 is 5.97 Å². The molecule has 0 N–H and O–H groups in total. The molecule has 0 aliphatic carbocycles. The van der Waals surface area contributed by atoms with Gasteiger partial charge in [0.25, 0.3) is 5.91 Å². The van der Waals surface area contributed by atoms with Crippen LogP contribution < -0.4 is 4.90 Å². The van der Waals surface area contributed by atoms with Crippen LogP contribution in [-0.4, -0.2) is 23.6 Å². The third kappa shape index (κ3) is 4.06. The minimum absolute atomic E-state index is 0.257. The Labute approximate surface area is 208 Å². The Balaban J connectivity index is 1.84. The van der Waals surface area contributed by atoms with E-state index in [1.165, 1.54) is 7.11 Å². The van der Waals surface area contributed by atoms with Gasteiger partial charge in [-0.05, 0) is 75.7 Å². The number of carbonyl (C=O) groups is 2. The predicted octanol–water partition coefficient (Wildman–Crippen LogP) is 6.59. The van der Waals surface area contributed by atoms with Gasteiger partial charge < -0.3 is 9.30 Å². The molecule has 1 amide bonds. The number of benzene rings is 2. The summed E-state index contributed by atoms with van der Waals surface area (Å²) in [5, 5.41) is 0.934. The minimum Gasteiger partial charge on any atom is -0.465 e. The molecular formula is C27H24Cl2N2O3. The molecule has 34 heavy (non-hydrogen) atoms. The fourth-order valence-corrected chi connectivity index (χ4v) is 4.59. The van der Waals surface area contributed by atoms with E-state index in [9.17, 15) is 9.59 Å². The second kappa shape index (κ2) is 9.16. The first-order chi connectivity index (χ1) is 16.1. The van der Waals surface area contributed by atoms with Crippen LogP contribution in [0.25, 0.3) is 11.8 Å². The number of hydrogen-bond donors (Lipinski definition) is 0. The normalized spacial score (nSPS) is 15.0. The maximum Gasteiger partial charge on any atom is 0.340 e. The first-order valence-corrected chi connectivity index (χ1v) is 11.5. The number of halogens is 2. The molecule has 5 nitrogen and oxygen atoms in total. The Bertz CT molecular complexity index is 1380. The van der Waals surface area contributed by atoms with Crippen molar-refractivity contribution < 1.29 is 14.3 Å². The Morgan fingerprint density at radius 2 is 1.56 bits per heavy atom. The summed E-state index contributed by atoms with van der Waals surface area (Å²) in [5.74, 6) is -0.828. The number of ether oxygens (including phenoxy) is 1. The Hall–Kier alpha value is -3.28. The number of methoxy groups -OCH3 is 1. The molecular weight excluding hydrogens is 471 g/mol. The zero-order chi connectivity index (χ0) is 24.7. The number of aromatic nitrogens is 1. The monoisotopic (exact) mass is 494 g/mol. The van der Waals surface area contributed by atoms with Crippen molar-refractivity contribution in [1.29, 1.82) is 0 Å². The summed E-state index contributed by atoms with van der Waals surface area (Å²) in [5.41, 5.74) is 6.36. The van der Waals surface area contributed by atoms with E-state index in [-0.39, 0.29) is 11.5 Å². The molecule has 0 bridgehead atoms. The summed E-state index contributed by atoms with van der Waals surface area (Å²) >= 11 is 12.3. The molecule has 0 radical (unpaired) electrons. The van der Waals surface area contributed by atoms with Crippen LogP contribution in [0.1, 0.15) is 29.4 Å². The number of hydrogen-bond acceptors (Lipinski definition) is 3. The second-order valence-electron chi connectivity index (χ2n) is 8.25. The number of aryl methyl sites for hydroxylation is 2. The van der Waals surface area contributed by atoms with Gasteiger partial charge in [0.1, 0.15) is 0 Å². The van der Waals surface area contributed by atoms with Crippen molar-refractivity contribution in [3.8, 4) is 5.69 Å². The summed E-state index contributed by atoms with van der Waals surface area (Å²) < 4.78 is 7.06. The van der Waals surface area contributed by atoms with Crippen LogP contribution in [0, 0.1) is 20.8 Å². The highest BCUT2D eigenvalue weighted by molar-refractivity contribution is 6.42. The van der Waals surface area contributed by atoms with Gasteiger partial charge in [-0.1, -0.05) is 40.9 Å². The topological polar surface area (TPSA) is 51.5 Å². The van der Waals surface area contributed by atoms with Crippen LogP contribution in [-0.2, 0) is 14.3 Å². The van der Waals surface area contributed by atoms with E-state index in [4.69, 9.17) is 27.9 Å². The molecule has 0 saturated carbocycles. The van der Waals surface area contributed by atoms with Crippen molar-refractivity contribution in [2.24, 2.45) is 0 Å². The molecule has 1 aliphatic rings. The third-order valence-corrected chi connectivity index (χ3v) is 6.75. The average molecular weight is 495 g/mol. The lowest BCUT2D eigenvalue weighted by Crippen LogP contribution is -2.24. The molecule has 1 aromatic heterocycles. The standard InChI is InChI=1S/C27H24Cl2N2O3/c1-15-6-8-20(9-7-15)31-18(4)25(27(33)34-5)22(26(31)32)13-19-12-16(2)30(17(19)3)21-10-11-23(28)24(29)14-21/h6-14H,1-5H3/b22-13-. The predicted molar refractivity (Wildman–Crippen MR) is 137 cm³/mol. The lowest BCUT2D eigenvalue weighted by Gasteiger charge is -2.18. The maximum absolute atomic E-state index is 13.6. The number of amides is 1. The van der Waals surface area contributed by atoms with Gasteiger partial charge in [-0.15, -0.1) is 0 Å². The van der Waals surface area contributed by atoms with E-state index in [0.717, 1.165) is 28.2 Å². The molecule has 0 unspecified atom stereocenters. The molecule has 1 aliphatic heterocycles. The molecule has 0 atom stereocenters. The first-order valence-electron chi connectivity index (χ1n) is 10.7. The zero-order valence-electron chi connectivity index (χ0n) is 19.6. The van der Waals surface area contributed by atoms with Crippen molar-refractivity contribution in [3.63, 3.8) is 0 Å². The summed E-state index contributed by atoms with van der Waals surface area (Å²) in [6.45, 7) is 7.65. The highest BCUT2D eigenvalue weighted by atomic mass is 35.5. The van der Waals surface area contributed by atoms with Crippen LogP contribution in [0.5, 0.6) is 0 Å². The van der Waals surface area contributed by atoms with Gasteiger partial charge >= 0.3 is 5.97 Å². The number of esters is 1. The molecule has 174 valence electrons. The van der Waals surface area contributed by atoms with Crippen molar-refractivity contribution in [2.75, 3.05) is 12.0 Å². The Morgan fingerprint density at radius 3 is 2.18 bits per heavy atom. The van der Waals surface area contributed by atoms with Crippen LogP contribution in [0.2, 0.25) is 10.0 Å². The van der Waals surface area contributed by atoms with Gasteiger partial charge in [0, 0.05) is 28.5 Å². The molecule has 7 heteroatoms. The number of anilines is 1. The van der Waals surface area contributed by atoms with Crippen molar-refractivity contribution in [3.05, 3.63) is 97.9 Å². The molecule has 4 rings (SSSR count). The fraction of sp³-hybridized carbons (Fsp3) is 0.185. The Morgan fingerprint density at radius 1 is 0.912 bits per heavy atom. The maximum atomic E-state index is 13.6. The van der Waals surface area contributed by atoms with E-state index in [2.05, 4.69) is 0 Å². The summed E-state index contributed by atoms with van der Waals surface area (Å²) in [6, 6.07) is 15.0. The molecule has 0 fully saturated rings. The highest BCUT2D eigenvalue weighted by Crippen LogP contribution is 2.36. The number of allylic oxidation sites excluding steroid dienone is 1. The molecule has 2 heterocycles. The number of nitrogens with zero attached hydrogens (tertiary/aromatic N) is 2. The van der Waals surface area contributed by atoms with E-state index in [1.54, 1.807) is 30.0 Å². The van der Waals surface area contributed by atoms with Crippen molar-refractivity contribution >= 4 is 46.8 Å². The summed E-state index contributed by atoms with van der Waals surface area (Å²) in [7, 11) is 1.31. The molecule has 0 saturated heterocycles. The smallest absolute Gasteiger partial charge is 0.340 e. The van der Waals surface area contributed by atoms with E-state index in [1.807, 2.05) is 61.7 Å². The molecule has 2 aromatic carbocycles. The van der Waals surface area contributed by atoms with Crippen LogP contribution in [0.3, 0.4) is 0 Å². The van der Waals surface area contributed by atoms with Crippen LogP contribution >= 0.6 is 23.2 Å². The van der Waals surface area contributed by atoms with E-state index in [0.29, 0.717) is 27.0 Å². The van der Waals surface area contributed by atoms with E-state index >= 15 is 0 Å². The SMILES string of the molecule is COC(=O)C1=C(C)N(c2ccc(C)cc2)C(=O)/C1=C\c1cc(C)n(-c2ccc(Cl)c(Cl)c2)c1C. The highest BCUT2D eigenvalue weighted by Gasteiger charge is 2.38. The molecule has 0 spiro atoms. The quantitative estimate of drug-likeness (QED) is 0.303. The lowest BCUT2D eigenvalue weighted by molar-refractivity contribution is -0.136. The van der Waals surface area contributed by atoms with Crippen molar-refractivity contribution in [1.82, 2.24) is 4.57 Å². The van der Waals surface area contributed by atoms with Gasteiger partial charge in [-0.25, -0.2) is 4.79 Å². The second-order valence-corrected chi connectivity index (χ2v) is 9.06. The van der Waals surface area contributed by atoms with Crippen molar-refractivity contribution in [2.45, 2.75) is 27.7 Å². The van der Waals surface area contributed by atoms with Crippen LogP contribution in [0.15, 0.2) is 65.4 Å². The number of rotatable bonds is 4. The number of carbonyl (C=O) groups excluding carboxylic acids is 2.